The summed E-state index contributed by atoms with van der Waals surface area (Å²) in [5, 5.41) is 18.1. The maximum atomic E-state index is 11.0. The Morgan fingerprint density at radius 1 is 0.520 bits per heavy atom. The van der Waals surface area contributed by atoms with Gasteiger partial charge in [0, 0.05) is 0 Å². The quantitative estimate of drug-likeness (QED) is 0.319. The van der Waals surface area contributed by atoms with Crippen LogP contribution >= 0.6 is 0 Å². The third-order valence-corrected chi connectivity index (χ3v) is 5.26. The summed E-state index contributed by atoms with van der Waals surface area (Å²) in [5.74, 6) is -1.39. The van der Waals surface area contributed by atoms with Gasteiger partial charge in [0.25, 0.3) is 0 Å². The summed E-state index contributed by atoms with van der Waals surface area (Å²) in [4.78, 5) is 22.0. The van der Waals surface area contributed by atoms with Gasteiger partial charge in [-0.3, -0.25) is 9.59 Å². The van der Waals surface area contributed by atoms with Crippen LogP contribution in [0.1, 0.15) is 111 Å². The number of aliphatic carboxylic acids is 2. The highest BCUT2D eigenvalue weighted by molar-refractivity contribution is 5.73. The summed E-state index contributed by atoms with van der Waals surface area (Å²) in [6.45, 7) is 7.21. The van der Waals surface area contributed by atoms with Gasteiger partial charge in [-0.2, -0.15) is 0 Å². The molecule has 0 radical (unpaired) electrons. The molecule has 0 aliphatic rings. The predicted molar refractivity (Wildman–Crippen MR) is 103 cm³/mol. The average molecular weight is 357 g/mol. The molecular weight excluding hydrogens is 316 g/mol. The zero-order valence-electron chi connectivity index (χ0n) is 16.9. The van der Waals surface area contributed by atoms with Crippen LogP contribution in [0.5, 0.6) is 0 Å². The van der Waals surface area contributed by atoms with E-state index in [9.17, 15) is 9.59 Å². The van der Waals surface area contributed by atoms with E-state index >= 15 is 0 Å². The Kier molecular flexibility index (Phi) is 11.8. The highest BCUT2D eigenvalue weighted by Crippen LogP contribution is 2.25. The van der Waals surface area contributed by atoms with Crippen LogP contribution in [-0.4, -0.2) is 22.2 Å². The van der Waals surface area contributed by atoms with Crippen molar-refractivity contribution in [2.24, 2.45) is 10.8 Å². The van der Waals surface area contributed by atoms with Crippen molar-refractivity contribution < 1.29 is 19.8 Å². The Morgan fingerprint density at radius 2 is 0.720 bits per heavy atom. The zero-order chi connectivity index (χ0) is 19.3. The van der Waals surface area contributed by atoms with Gasteiger partial charge in [-0.15, -0.1) is 0 Å². The first-order valence-electron chi connectivity index (χ1n) is 10.1. The molecule has 0 aromatic rings. The van der Waals surface area contributed by atoms with Crippen LogP contribution in [-0.2, 0) is 9.59 Å². The third-order valence-electron chi connectivity index (χ3n) is 5.26. The minimum Gasteiger partial charge on any atom is -0.481 e. The molecule has 0 rings (SSSR count). The fraction of sp³-hybridized carbons (Fsp3) is 0.905. The molecule has 0 aromatic heterocycles. The summed E-state index contributed by atoms with van der Waals surface area (Å²) < 4.78 is 0. The second-order valence-corrected chi connectivity index (χ2v) is 8.77. The van der Waals surface area contributed by atoms with E-state index in [0.717, 1.165) is 38.5 Å². The standard InChI is InChI=1S/C21H40O4/c1-20(2,18(22)23)16-14-12-10-8-6-5-7-9-11-13-15-17-21(3,4)19(24)25/h5-17H2,1-4H3,(H,22,23)(H,24,25). The molecule has 148 valence electrons. The third kappa shape index (κ3) is 12.0. The second-order valence-electron chi connectivity index (χ2n) is 8.77. The molecule has 0 spiro atoms. The van der Waals surface area contributed by atoms with Crippen LogP contribution in [0.15, 0.2) is 0 Å². The number of carboxylic acids is 2. The fourth-order valence-electron chi connectivity index (χ4n) is 2.94. The van der Waals surface area contributed by atoms with Crippen molar-refractivity contribution in [1.82, 2.24) is 0 Å². The Labute approximate surface area is 154 Å². The van der Waals surface area contributed by atoms with E-state index in [-0.39, 0.29) is 0 Å². The Bertz CT molecular complexity index is 349. The molecule has 0 aliphatic carbocycles. The highest BCUT2D eigenvalue weighted by Gasteiger charge is 2.26. The molecule has 4 nitrogen and oxygen atoms in total. The second kappa shape index (κ2) is 12.3. The van der Waals surface area contributed by atoms with Gasteiger partial charge >= 0.3 is 11.9 Å². The monoisotopic (exact) mass is 356 g/mol. The number of hydrogen-bond donors (Lipinski definition) is 2. The first kappa shape index (κ1) is 23.9. The molecule has 0 aliphatic heterocycles. The van der Waals surface area contributed by atoms with Gasteiger partial charge < -0.3 is 10.2 Å². The lowest BCUT2D eigenvalue weighted by Gasteiger charge is -2.18. The van der Waals surface area contributed by atoms with Crippen LogP contribution < -0.4 is 0 Å². The maximum absolute atomic E-state index is 11.0. The molecule has 0 saturated heterocycles. The van der Waals surface area contributed by atoms with E-state index in [2.05, 4.69) is 0 Å². The fourth-order valence-corrected chi connectivity index (χ4v) is 2.94. The summed E-state index contributed by atoms with van der Waals surface area (Å²) in [6, 6.07) is 0. The molecule has 0 aromatic carbocycles. The molecule has 0 atom stereocenters. The number of carbonyl (C=O) groups is 2. The van der Waals surface area contributed by atoms with E-state index in [4.69, 9.17) is 10.2 Å². The first-order chi connectivity index (χ1) is 11.6. The van der Waals surface area contributed by atoms with Gasteiger partial charge in [0.2, 0.25) is 0 Å². The van der Waals surface area contributed by atoms with Gasteiger partial charge in [-0.25, -0.2) is 0 Å². The molecule has 0 saturated carbocycles. The normalized spacial score (nSPS) is 12.3. The van der Waals surface area contributed by atoms with Gasteiger partial charge in [0.1, 0.15) is 0 Å². The molecule has 0 heterocycles. The highest BCUT2D eigenvalue weighted by atomic mass is 16.4. The smallest absolute Gasteiger partial charge is 0.309 e. The van der Waals surface area contributed by atoms with Crippen LogP contribution in [0.4, 0.5) is 0 Å². The number of rotatable bonds is 16. The lowest BCUT2D eigenvalue weighted by atomic mass is 9.87. The predicted octanol–water partition coefficient (Wildman–Crippen LogP) is 6.28. The molecule has 0 unspecified atom stereocenters. The lowest BCUT2D eigenvalue weighted by Crippen LogP contribution is -2.23. The summed E-state index contributed by atoms with van der Waals surface area (Å²) >= 11 is 0. The minimum absolute atomic E-state index is 0.584. The zero-order valence-corrected chi connectivity index (χ0v) is 16.9. The van der Waals surface area contributed by atoms with Crippen LogP contribution in [0.3, 0.4) is 0 Å². The van der Waals surface area contributed by atoms with E-state index in [1.54, 1.807) is 27.7 Å². The van der Waals surface area contributed by atoms with E-state index in [1.165, 1.54) is 44.9 Å². The molecule has 0 bridgehead atoms. The van der Waals surface area contributed by atoms with E-state index < -0.39 is 22.8 Å². The average Bonchev–Trinajstić information content (AvgIpc) is 2.51. The Morgan fingerprint density at radius 3 is 0.920 bits per heavy atom. The minimum atomic E-state index is -0.695. The van der Waals surface area contributed by atoms with Gasteiger partial charge in [0.15, 0.2) is 0 Å². The van der Waals surface area contributed by atoms with Crippen molar-refractivity contribution in [2.75, 3.05) is 0 Å². The number of hydrogen-bond acceptors (Lipinski definition) is 2. The molecule has 4 heteroatoms. The lowest BCUT2D eigenvalue weighted by molar-refractivity contribution is -0.148. The Balaban J connectivity index is 3.35. The summed E-state index contributed by atoms with van der Waals surface area (Å²) in [7, 11) is 0. The van der Waals surface area contributed by atoms with E-state index in [0.29, 0.717) is 0 Å². The van der Waals surface area contributed by atoms with Crippen molar-refractivity contribution in [2.45, 2.75) is 111 Å². The van der Waals surface area contributed by atoms with Crippen molar-refractivity contribution in [3.05, 3.63) is 0 Å². The summed E-state index contributed by atoms with van der Waals surface area (Å²) in [5.41, 5.74) is -1.17. The number of carboxylic acid groups (broad SMARTS) is 2. The van der Waals surface area contributed by atoms with Crippen LogP contribution in [0.2, 0.25) is 0 Å². The van der Waals surface area contributed by atoms with Gasteiger partial charge in [0.05, 0.1) is 10.8 Å². The van der Waals surface area contributed by atoms with Gasteiger partial charge in [-0.05, 0) is 40.5 Å². The molecular formula is C21H40O4. The SMILES string of the molecule is CC(C)(CCCCCCCCCCCCCC(C)(C)C(=O)O)C(=O)O. The van der Waals surface area contributed by atoms with Crippen molar-refractivity contribution in [1.29, 1.82) is 0 Å². The Hall–Kier alpha value is -1.06. The maximum Gasteiger partial charge on any atom is 0.309 e. The summed E-state index contributed by atoms with van der Waals surface area (Å²) in [6.07, 6.45) is 14.6. The topological polar surface area (TPSA) is 74.6 Å². The van der Waals surface area contributed by atoms with Crippen LogP contribution in [0, 0.1) is 10.8 Å². The first-order valence-corrected chi connectivity index (χ1v) is 10.1. The molecule has 0 amide bonds. The number of unbranched alkanes of at least 4 members (excludes halogenated alkanes) is 10. The van der Waals surface area contributed by atoms with Crippen LogP contribution in [0.25, 0.3) is 0 Å². The van der Waals surface area contributed by atoms with E-state index in [1.807, 2.05) is 0 Å². The molecule has 2 N–H and O–H groups in total. The van der Waals surface area contributed by atoms with Gasteiger partial charge in [-0.1, -0.05) is 70.6 Å². The van der Waals surface area contributed by atoms with Crippen molar-refractivity contribution in [3.63, 3.8) is 0 Å². The largest absolute Gasteiger partial charge is 0.481 e. The van der Waals surface area contributed by atoms with Crippen molar-refractivity contribution in [3.8, 4) is 0 Å². The molecule has 0 fully saturated rings. The van der Waals surface area contributed by atoms with Crippen molar-refractivity contribution >= 4 is 11.9 Å². The molecule has 25 heavy (non-hydrogen) atoms.